The molecule has 134 valence electrons. The van der Waals surface area contributed by atoms with Gasteiger partial charge in [0.25, 0.3) is 5.91 Å². The Kier molecular flexibility index (Phi) is 4.59. The number of carboxylic acids is 1. The number of aromatic nitrogens is 3. The number of aromatic carboxylic acids is 1. The maximum Gasteiger partial charge on any atom is 0.337 e. The van der Waals surface area contributed by atoms with Crippen LogP contribution >= 0.6 is 0 Å². The van der Waals surface area contributed by atoms with Crippen molar-refractivity contribution in [3.63, 3.8) is 0 Å². The molecule has 0 aliphatic heterocycles. The van der Waals surface area contributed by atoms with Crippen LogP contribution in [0.3, 0.4) is 0 Å². The summed E-state index contributed by atoms with van der Waals surface area (Å²) in [6, 6.07) is 7.33. The fraction of sp³-hybridized carbons (Fsp3) is 0. The van der Waals surface area contributed by atoms with Crippen LogP contribution in [0.5, 0.6) is 0 Å². The molecule has 1 amide bonds. The number of carboxylic acid groups (broad SMARTS) is 1. The smallest absolute Gasteiger partial charge is 0.337 e. The van der Waals surface area contributed by atoms with Gasteiger partial charge >= 0.3 is 5.97 Å². The average molecular weight is 369 g/mol. The van der Waals surface area contributed by atoms with Crippen LogP contribution in [-0.4, -0.2) is 31.7 Å². The predicted molar refractivity (Wildman–Crippen MR) is 87.3 cm³/mol. The van der Waals surface area contributed by atoms with Gasteiger partial charge in [-0.05, 0) is 24.3 Å². The number of nitrogens with one attached hydrogen (secondary N) is 1. The number of hydrogen-bond acceptors (Lipinski definition) is 5. The molecule has 3 rings (SSSR count). The molecule has 0 saturated carbocycles. The molecule has 0 radical (unpaired) electrons. The van der Waals surface area contributed by atoms with Gasteiger partial charge in [0.2, 0.25) is 0 Å². The summed E-state index contributed by atoms with van der Waals surface area (Å²) in [4.78, 5) is 23.3. The second kappa shape index (κ2) is 7.01. The summed E-state index contributed by atoms with van der Waals surface area (Å²) in [6.45, 7) is 0. The zero-order valence-corrected chi connectivity index (χ0v) is 13.3. The molecule has 0 fully saturated rings. The van der Waals surface area contributed by atoms with Gasteiger partial charge in [-0.1, -0.05) is 0 Å². The van der Waals surface area contributed by atoms with Crippen molar-refractivity contribution in [2.24, 2.45) is 0 Å². The number of carbonyl (C=O) groups excluding carboxylic acids is 1. The molecule has 0 saturated heterocycles. The summed E-state index contributed by atoms with van der Waals surface area (Å²) >= 11 is 0. The normalized spacial score (nSPS) is 10.3. The summed E-state index contributed by atoms with van der Waals surface area (Å²) in [5.74, 6) is -4.71. The minimum absolute atomic E-state index is 0.174. The third-order valence-electron chi connectivity index (χ3n) is 3.51. The molecule has 2 N–H and O–H groups in total. The van der Waals surface area contributed by atoms with Crippen LogP contribution in [0.2, 0.25) is 0 Å². The Balaban J connectivity index is 1.84. The molecule has 2 aromatic heterocycles. The molecule has 8 nitrogen and oxygen atoms in total. The van der Waals surface area contributed by atoms with E-state index in [4.69, 9.17) is 10.4 Å². The quantitative estimate of drug-likeness (QED) is 0.728. The third kappa shape index (κ3) is 3.62. The molecule has 0 unspecified atom stereocenters. The Labute approximate surface area is 150 Å². The highest BCUT2D eigenvalue weighted by molar-refractivity contribution is 6.06. The van der Waals surface area contributed by atoms with Crippen molar-refractivity contribution in [3.8, 4) is 11.9 Å². The van der Waals surface area contributed by atoms with Gasteiger partial charge in [-0.2, -0.15) is 5.26 Å². The molecule has 10 heteroatoms. The molecular formula is C17H9F2N5O3. The van der Waals surface area contributed by atoms with Crippen LogP contribution in [-0.2, 0) is 0 Å². The molecule has 2 heterocycles. The molecule has 0 bridgehead atoms. The average Bonchev–Trinajstić information content (AvgIpc) is 3.13. The van der Waals surface area contributed by atoms with Gasteiger partial charge in [-0.3, -0.25) is 4.79 Å². The SMILES string of the molecule is N#Cc1ccn(-c2ccc(C(=O)Nc3cc(F)c(F)cc3C(=O)O)nn2)c1. The van der Waals surface area contributed by atoms with E-state index >= 15 is 0 Å². The van der Waals surface area contributed by atoms with Crippen molar-refractivity contribution in [1.82, 2.24) is 14.8 Å². The standard InChI is InChI=1S/C17H9F2N5O3/c18-11-5-10(17(26)27)14(6-12(11)19)21-16(25)13-1-2-15(23-22-13)24-4-3-9(7-20)8-24/h1-6,8H,(H,21,25)(H,26,27). The van der Waals surface area contributed by atoms with Crippen molar-refractivity contribution in [3.05, 3.63) is 71.2 Å². The summed E-state index contributed by atoms with van der Waals surface area (Å²) in [7, 11) is 0. The van der Waals surface area contributed by atoms with Gasteiger partial charge < -0.3 is 15.0 Å². The highest BCUT2D eigenvalue weighted by Crippen LogP contribution is 2.21. The van der Waals surface area contributed by atoms with Crippen molar-refractivity contribution in [1.29, 1.82) is 5.26 Å². The van der Waals surface area contributed by atoms with Crippen molar-refractivity contribution in [2.75, 3.05) is 5.32 Å². The number of amides is 1. The minimum atomic E-state index is -1.54. The monoisotopic (exact) mass is 369 g/mol. The van der Waals surface area contributed by atoms with Gasteiger partial charge in [0.15, 0.2) is 23.1 Å². The van der Waals surface area contributed by atoms with Crippen LogP contribution in [0, 0.1) is 23.0 Å². The molecule has 0 aliphatic rings. The molecule has 0 atom stereocenters. The number of halogens is 2. The highest BCUT2D eigenvalue weighted by atomic mass is 19.2. The molecular weight excluding hydrogens is 360 g/mol. The second-order valence-electron chi connectivity index (χ2n) is 5.27. The van der Waals surface area contributed by atoms with Crippen molar-refractivity contribution >= 4 is 17.6 Å². The fourth-order valence-electron chi connectivity index (χ4n) is 2.20. The van der Waals surface area contributed by atoms with E-state index in [2.05, 4.69) is 15.5 Å². The summed E-state index contributed by atoms with van der Waals surface area (Å²) in [5.41, 5.74) is -0.782. The largest absolute Gasteiger partial charge is 0.478 e. The lowest BCUT2D eigenvalue weighted by molar-refractivity contribution is 0.0697. The Bertz CT molecular complexity index is 1090. The van der Waals surface area contributed by atoms with Crippen LogP contribution in [0.1, 0.15) is 26.4 Å². The van der Waals surface area contributed by atoms with Gasteiger partial charge in [0.1, 0.15) is 6.07 Å². The Hall–Kier alpha value is -4.13. The number of benzene rings is 1. The fourth-order valence-corrected chi connectivity index (χ4v) is 2.20. The maximum atomic E-state index is 13.4. The Morgan fingerprint density at radius 2 is 1.89 bits per heavy atom. The van der Waals surface area contributed by atoms with Gasteiger partial charge in [-0.15, -0.1) is 10.2 Å². The lowest BCUT2D eigenvalue weighted by Gasteiger charge is -2.09. The van der Waals surface area contributed by atoms with E-state index < -0.39 is 34.8 Å². The van der Waals surface area contributed by atoms with Gasteiger partial charge in [0.05, 0.1) is 16.8 Å². The molecule has 27 heavy (non-hydrogen) atoms. The van der Waals surface area contributed by atoms with E-state index in [1.54, 1.807) is 12.3 Å². The van der Waals surface area contributed by atoms with E-state index in [9.17, 15) is 18.4 Å². The number of anilines is 1. The molecule has 0 aliphatic carbocycles. The van der Waals surface area contributed by atoms with E-state index in [-0.39, 0.29) is 5.69 Å². The zero-order valence-electron chi connectivity index (χ0n) is 13.3. The van der Waals surface area contributed by atoms with Crippen LogP contribution in [0.4, 0.5) is 14.5 Å². The van der Waals surface area contributed by atoms with E-state index in [0.29, 0.717) is 23.5 Å². The van der Waals surface area contributed by atoms with Crippen LogP contribution in [0.15, 0.2) is 42.7 Å². The van der Waals surface area contributed by atoms with E-state index in [0.717, 1.165) is 0 Å². The number of hydrogen-bond donors (Lipinski definition) is 2. The first-order valence-electron chi connectivity index (χ1n) is 7.35. The first-order valence-corrected chi connectivity index (χ1v) is 7.35. The number of rotatable bonds is 4. The molecule has 0 spiro atoms. The topological polar surface area (TPSA) is 121 Å². The Morgan fingerprint density at radius 1 is 1.15 bits per heavy atom. The highest BCUT2D eigenvalue weighted by Gasteiger charge is 2.18. The van der Waals surface area contributed by atoms with Crippen LogP contribution in [0.25, 0.3) is 5.82 Å². The van der Waals surface area contributed by atoms with Crippen molar-refractivity contribution < 1.29 is 23.5 Å². The first-order chi connectivity index (χ1) is 12.9. The molecule has 3 aromatic rings. The predicted octanol–water partition coefficient (Wildman–Crippen LogP) is 2.37. The van der Waals surface area contributed by atoms with Crippen molar-refractivity contribution in [2.45, 2.75) is 0 Å². The second-order valence-corrected chi connectivity index (χ2v) is 5.27. The number of nitriles is 1. The summed E-state index contributed by atoms with van der Waals surface area (Å²) < 4.78 is 28.1. The first kappa shape index (κ1) is 17.7. The Morgan fingerprint density at radius 3 is 2.48 bits per heavy atom. The number of carbonyl (C=O) groups is 2. The molecule has 1 aromatic carbocycles. The minimum Gasteiger partial charge on any atom is -0.478 e. The van der Waals surface area contributed by atoms with Crippen LogP contribution < -0.4 is 5.32 Å². The van der Waals surface area contributed by atoms with Gasteiger partial charge in [0, 0.05) is 18.5 Å². The third-order valence-corrected chi connectivity index (χ3v) is 3.51. The van der Waals surface area contributed by atoms with E-state index in [1.807, 2.05) is 6.07 Å². The number of nitrogens with zero attached hydrogens (tertiary/aromatic N) is 4. The lowest BCUT2D eigenvalue weighted by Crippen LogP contribution is -2.17. The summed E-state index contributed by atoms with van der Waals surface area (Å²) in [5, 5.41) is 27.6. The lowest BCUT2D eigenvalue weighted by atomic mass is 10.1. The maximum absolute atomic E-state index is 13.4. The van der Waals surface area contributed by atoms with Gasteiger partial charge in [-0.25, -0.2) is 13.6 Å². The van der Waals surface area contributed by atoms with E-state index in [1.165, 1.54) is 22.9 Å². The zero-order chi connectivity index (χ0) is 19.6. The summed E-state index contributed by atoms with van der Waals surface area (Å²) in [6.07, 6.45) is 3.10.